The monoisotopic (exact) mass is 522 g/mol. The Morgan fingerprint density at radius 2 is 1.92 bits per heavy atom. The lowest BCUT2D eigenvalue weighted by molar-refractivity contribution is -0.140. The number of likely N-dealkylation sites (N-methyl/N-ethyl adjacent to an activating group) is 1. The Kier molecular flexibility index (Phi) is 8.31. The van der Waals surface area contributed by atoms with Crippen LogP contribution in [0, 0.1) is 5.92 Å². The van der Waals surface area contributed by atoms with E-state index < -0.39 is 17.7 Å². The van der Waals surface area contributed by atoms with Gasteiger partial charge in [-0.25, -0.2) is 0 Å². The summed E-state index contributed by atoms with van der Waals surface area (Å²) >= 11 is 0. The van der Waals surface area contributed by atoms with Crippen molar-refractivity contribution >= 4 is 17.4 Å². The van der Waals surface area contributed by atoms with Crippen LogP contribution in [-0.4, -0.2) is 73.6 Å². The Morgan fingerprint density at radius 1 is 1.16 bits per heavy atom. The number of Topliss-reactive ketones (excluding diaryl/α,β-unsaturated/α-hetero) is 1. The standard InChI is InChI=1S/C30H38N2O6/c1-18(2)11-14-37-24-10-7-20(17-25(24)36-6)27-26(29(34)30(35)32(27)13-12-31(4)5)28(33)21-8-9-23-22(16-21)15-19(3)38-23/h7-10,16-19,27,33H,11-15H2,1-6H3/t19-,27+/m1/s1. The first-order valence-corrected chi connectivity index (χ1v) is 13.1. The van der Waals surface area contributed by atoms with Crippen molar-refractivity contribution in [3.8, 4) is 17.2 Å². The van der Waals surface area contributed by atoms with E-state index in [1.54, 1.807) is 31.4 Å². The number of methoxy groups -OCH3 is 1. The summed E-state index contributed by atoms with van der Waals surface area (Å²) in [6, 6.07) is 10.0. The van der Waals surface area contributed by atoms with Gasteiger partial charge in [-0.3, -0.25) is 9.59 Å². The molecule has 2 atom stereocenters. The van der Waals surface area contributed by atoms with Gasteiger partial charge < -0.3 is 29.1 Å². The molecular weight excluding hydrogens is 484 g/mol. The summed E-state index contributed by atoms with van der Waals surface area (Å²) in [6.45, 7) is 7.69. The van der Waals surface area contributed by atoms with Gasteiger partial charge in [0.2, 0.25) is 0 Å². The Labute approximate surface area is 224 Å². The van der Waals surface area contributed by atoms with Gasteiger partial charge in [-0.05, 0) is 74.8 Å². The fourth-order valence-electron chi connectivity index (χ4n) is 4.87. The highest BCUT2D eigenvalue weighted by molar-refractivity contribution is 6.46. The second kappa shape index (κ2) is 11.5. The summed E-state index contributed by atoms with van der Waals surface area (Å²) in [5, 5.41) is 11.5. The molecule has 1 saturated heterocycles. The van der Waals surface area contributed by atoms with Crippen molar-refractivity contribution in [1.82, 2.24) is 9.80 Å². The van der Waals surface area contributed by atoms with E-state index in [1.807, 2.05) is 38.1 Å². The van der Waals surface area contributed by atoms with Crippen molar-refractivity contribution in [2.75, 3.05) is 40.9 Å². The SMILES string of the molecule is COc1cc([C@H]2C(=C(O)c3ccc4c(c3)C[C@@H](C)O4)C(=O)C(=O)N2CCN(C)C)ccc1OCCC(C)C. The third kappa shape index (κ3) is 5.65. The number of aliphatic hydroxyl groups excluding tert-OH is 1. The number of carbonyl (C=O) groups is 2. The van der Waals surface area contributed by atoms with E-state index in [0.717, 1.165) is 17.7 Å². The van der Waals surface area contributed by atoms with Gasteiger partial charge in [-0.2, -0.15) is 0 Å². The predicted octanol–water partition coefficient (Wildman–Crippen LogP) is 4.43. The Balaban J connectivity index is 1.77. The van der Waals surface area contributed by atoms with Gasteiger partial charge >= 0.3 is 0 Å². The number of ketones is 1. The molecule has 4 rings (SSSR count). The number of aliphatic hydroxyl groups is 1. The Morgan fingerprint density at radius 3 is 2.61 bits per heavy atom. The van der Waals surface area contributed by atoms with Crippen molar-refractivity contribution in [3.63, 3.8) is 0 Å². The zero-order chi connectivity index (χ0) is 27.6. The molecule has 38 heavy (non-hydrogen) atoms. The predicted molar refractivity (Wildman–Crippen MR) is 146 cm³/mol. The van der Waals surface area contributed by atoms with Crippen LogP contribution in [0.3, 0.4) is 0 Å². The summed E-state index contributed by atoms with van der Waals surface area (Å²) in [7, 11) is 5.38. The van der Waals surface area contributed by atoms with Crippen LogP contribution in [0.15, 0.2) is 42.0 Å². The molecule has 2 aromatic carbocycles. The molecule has 2 aliphatic heterocycles. The average molecular weight is 523 g/mol. The van der Waals surface area contributed by atoms with Gasteiger partial charge in [-0.15, -0.1) is 0 Å². The van der Waals surface area contributed by atoms with Crippen LogP contribution < -0.4 is 14.2 Å². The minimum atomic E-state index is -0.767. The van der Waals surface area contributed by atoms with Crippen molar-refractivity contribution < 1.29 is 28.9 Å². The summed E-state index contributed by atoms with van der Waals surface area (Å²) < 4.78 is 17.4. The van der Waals surface area contributed by atoms with E-state index in [1.165, 1.54) is 4.90 Å². The lowest BCUT2D eigenvalue weighted by atomic mass is 9.94. The summed E-state index contributed by atoms with van der Waals surface area (Å²) in [5.74, 6) is 0.850. The van der Waals surface area contributed by atoms with Crippen molar-refractivity contribution in [2.24, 2.45) is 5.92 Å². The molecule has 8 nitrogen and oxygen atoms in total. The second-order valence-corrected chi connectivity index (χ2v) is 10.7. The van der Waals surface area contributed by atoms with Crippen LogP contribution in [0.2, 0.25) is 0 Å². The lowest BCUT2D eigenvalue weighted by Crippen LogP contribution is -2.35. The fourth-order valence-corrected chi connectivity index (χ4v) is 4.87. The minimum absolute atomic E-state index is 0.0488. The number of hydrogen-bond acceptors (Lipinski definition) is 7. The van der Waals surface area contributed by atoms with Crippen LogP contribution in [0.4, 0.5) is 0 Å². The maximum absolute atomic E-state index is 13.4. The molecule has 0 aromatic heterocycles. The lowest BCUT2D eigenvalue weighted by Gasteiger charge is -2.27. The van der Waals surface area contributed by atoms with Gasteiger partial charge in [0.15, 0.2) is 11.5 Å². The van der Waals surface area contributed by atoms with Crippen molar-refractivity contribution in [2.45, 2.75) is 45.8 Å². The molecule has 0 aliphatic carbocycles. The van der Waals surface area contributed by atoms with Gasteiger partial charge in [0, 0.05) is 25.1 Å². The summed E-state index contributed by atoms with van der Waals surface area (Å²) in [4.78, 5) is 30.1. The first kappa shape index (κ1) is 27.5. The summed E-state index contributed by atoms with van der Waals surface area (Å²) in [5.41, 5.74) is 2.18. The molecule has 1 fully saturated rings. The molecule has 0 radical (unpaired) electrons. The average Bonchev–Trinajstić information content (AvgIpc) is 3.37. The quantitative estimate of drug-likeness (QED) is 0.281. The van der Waals surface area contributed by atoms with Crippen LogP contribution >= 0.6 is 0 Å². The number of likely N-dealkylation sites (tertiary alicyclic amines) is 1. The summed E-state index contributed by atoms with van der Waals surface area (Å²) in [6.07, 6.45) is 1.67. The number of amides is 1. The third-order valence-corrected chi connectivity index (χ3v) is 6.95. The topological polar surface area (TPSA) is 88.5 Å². The molecule has 0 spiro atoms. The third-order valence-electron chi connectivity index (χ3n) is 6.95. The fraction of sp³-hybridized carbons (Fsp3) is 0.467. The number of ether oxygens (including phenoxy) is 3. The van der Waals surface area contributed by atoms with Crippen molar-refractivity contribution in [3.05, 3.63) is 58.7 Å². The number of fused-ring (bicyclic) bond motifs is 1. The van der Waals surface area contributed by atoms with Crippen LogP contribution in [0.25, 0.3) is 5.76 Å². The maximum Gasteiger partial charge on any atom is 0.295 e. The van der Waals surface area contributed by atoms with Gasteiger partial charge in [0.1, 0.15) is 17.6 Å². The minimum Gasteiger partial charge on any atom is -0.507 e. The largest absolute Gasteiger partial charge is 0.507 e. The molecule has 2 aliphatic rings. The molecule has 0 bridgehead atoms. The van der Waals surface area contributed by atoms with E-state index in [4.69, 9.17) is 14.2 Å². The van der Waals surface area contributed by atoms with Gasteiger partial charge in [-0.1, -0.05) is 19.9 Å². The molecule has 0 unspecified atom stereocenters. The van der Waals surface area contributed by atoms with Gasteiger partial charge in [0.25, 0.3) is 11.7 Å². The number of carbonyl (C=O) groups excluding carboxylic acids is 2. The van der Waals surface area contributed by atoms with E-state index in [-0.39, 0.29) is 17.4 Å². The molecule has 1 N–H and O–H groups in total. The molecular formula is C30H38N2O6. The molecule has 0 saturated carbocycles. The zero-order valence-corrected chi connectivity index (χ0v) is 23.1. The zero-order valence-electron chi connectivity index (χ0n) is 23.1. The van der Waals surface area contributed by atoms with Crippen LogP contribution in [-0.2, 0) is 16.0 Å². The molecule has 1 amide bonds. The van der Waals surface area contributed by atoms with E-state index >= 15 is 0 Å². The number of rotatable bonds is 10. The van der Waals surface area contributed by atoms with E-state index in [2.05, 4.69) is 13.8 Å². The highest BCUT2D eigenvalue weighted by Crippen LogP contribution is 2.42. The van der Waals surface area contributed by atoms with E-state index in [9.17, 15) is 14.7 Å². The number of benzene rings is 2. The van der Waals surface area contributed by atoms with Gasteiger partial charge in [0.05, 0.1) is 25.3 Å². The van der Waals surface area contributed by atoms with Crippen molar-refractivity contribution in [1.29, 1.82) is 0 Å². The van der Waals surface area contributed by atoms with E-state index in [0.29, 0.717) is 54.7 Å². The Hall–Kier alpha value is -3.52. The normalized spacial score (nSPS) is 20.3. The first-order valence-electron chi connectivity index (χ1n) is 13.1. The van der Waals surface area contributed by atoms with Crippen LogP contribution in [0.1, 0.15) is 49.9 Å². The molecule has 204 valence electrons. The number of hydrogen-bond donors (Lipinski definition) is 1. The first-order chi connectivity index (χ1) is 18.1. The smallest absolute Gasteiger partial charge is 0.295 e. The second-order valence-electron chi connectivity index (χ2n) is 10.7. The number of nitrogens with zero attached hydrogens (tertiary/aromatic N) is 2. The maximum atomic E-state index is 13.4. The Bertz CT molecular complexity index is 1240. The molecule has 2 heterocycles. The highest BCUT2D eigenvalue weighted by Gasteiger charge is 2.46. The highest BCUT2D eigenvalue weighted by atomic mass is 16.5. The molecule has 8 heteroatoms. The molecule has 2 aromatic rings. The van der Waals surface area contributed by atoms with Crippen LogP contribution in [0.5, 0.6) is 17.2 Å².